The van der Waals surface area contributed by atoms with E-state index in [1.165, 1.54) is 0 Å². The predicted octanol–water partition coefficient (Wildman–Crippen LogP) is 4.79. The molecule has 7 heteroatoms. The van der Waals surface area contributed by atoms with Crippen LogP contribution in [0.2, 0.25) is 0 Å². The first-order chi connectivity index (χ1) is 17.2. The number of amides is 1. The number of carbonyl (C=O) groups is 1. The van der Waals surface area contributed by atoms with Crippen molar-refractivity contribution in [2.24, 2.45) is 0 Å². The fourth-order valence-corrected chi connectivity index (χ4v) is 4.64. The summed E-state index contributed by atoms with van der Waals surface area (Å²) in [6.07, 6.45) is 2.95. The lowest BCUT2D eigenvalue weighted by molar-refractivity contribution is -0.121. The predicted molar refractivity (Wildman–Crippen MR) is 134 cm³/mol. The Hall–Kier alpha value is -4.13. The van der Waals surface area contributed by atoms with Gasteiger partial charge in [-0.15, -0.1) is 0 Å². The topological polar surface area (TPSA) is 81.8 Å². The lowest BCUT2D eigenvalue weighted by Gasteiger charge is -2.19. The quantitative estimate of drug-likeness (QED) is 0.366. The Morgan fingerprint density at radius 2 is 1.86 bits per heavy atom. The third-order valence-electron chi connectivity index (χ3n) is 6.37. The monoisotopic (exact) mass is 472 g/mol. The first-order valence-corrected chi connectivity index (χ1v) is 11.6. The summed E-state index contributed by atoms with van der Waals surface area (Å²) in [5.74, 6) is 2.56. The molecule has 1 aromatic heterocycles. The second-order valence-corrected chi connectivity index (χ2v) is 8.42. The van der Waals surface area contributed by atoms with E-state index in [-0.39, 0.29) is 25.0 Å². The van der Waals surface area contributed by atoms with Gasteiger partial charge in [-0.25, -0.2) is 0 Å². The largest absolute Gasteiger partial charge is 0.493 e. The molecule has 180 valence electrons. The van der Waals surface area contributed by atoms with Gasteiger partial charge in [0.2, 0.25) is 12.7 Å². The first kappa shape index (κ1) is 22.7. The molecule has 0 radical (unpaired) electrons. The van der Waals surface area contributed by atoms with Crippen LogP contribution >= 0.6 is 0 Å². The van der Waals surface area contributed by atoms with Crippen molar-refractivity contribution in [3.05, 3.63) is 83.6 Å². The summed E-state index contributed by atoms with van der Waals surface area (Å²) in [6, 6.07) is 19.7. The molecule has 7 nitrogen and oxygen atoms in total. The summed E-state index contributed by atoms with van der Waals surface area (Å²) in [4.78, 5) is 16.5. The lowest BCUT2D eigenvalue weighted by atomic mass is 9.87. The second-order valence-electron chi connectivity index (χ2n) is 8.42. The number of rotatable bonds is 9. The van der Waals surface area contributed by atoms with Gasteiger partial charge in [0, 0.05) is 41.5 Å². The number of ether oxygens (including phenoxy) is 4. The van der Waals surface area contributed by atoms with Crippen molar-refractivity contribution in [3.63, 3.8) is 0 Å². The number of aromatic amines is 1. The second kappa shape index (κ2) is 10.0. The van der Waals surface area contributed by atoms with E-state index in [1.807, 2.05) is 60.8 Å². The van der Waals surface area contributed by atoms with Gasteiger partial charge < -0.3 is 29.2 Å². The fraction of sp³-hybridized carbons (Fsp3) is 0.250. The maximum absolute atomic E-state index is 13.1. The number of nitrogens with one attached hydrogen (secondary N) is 2. The zero-order valence-corrected chi connectivity index (χ0v) is 19.8. The summed E-state index contributed by atoms with van der Waals surface area (Å²) in [7, 11) is 3.23. The average molecular weight is 473 g/mol. The third-order valence-corrected chi connectivity index (χ3v) is 6.37. The van der Waals surface area contributed by atoms with Crippen LogP contribution in [0.1, 0.15) is 29.0 Å². The number of para-hydroxylation sites is 2. The van der Waals surface area contributed by atoms with Crippen LogP contribution in [0.5, 0.6) is 23.0 Å². The minimum Gasteiger partial charge on any atom is -0.493 e. The van der Waals surface area contributed by atoms with Crippen LogP contribution < -0.4 is 24.3 Å². The Kier molecular flexibility index (Phi) is 6.48. The number of fused-ring (bicyclic) bond motifs is 2. The Bertz CT molecular complexity index is 1350. The van der Waals surface area contributed by atoms with Gasteiger partial charge in [0.15, 0.2) is 23.0 Å². The van der Waals surface area contributed by atoms with Crippen molar-refractivity contribution in [2.45, 2.75) is 18.8 Å². The lowest BCUT2D eigenvalue weighted by Crippen LogP contribution is -2.27. The van der Waals surface area contributed by atoms with E-state index in [0.717, 1.165) is 27.6 Å². The molecule has 0 spiro atoms. The number of hydrogen-bond donors (Lipinski definition) is 2. The van der Waals surface area contributed by atoms with Crippen LogP contribution in [0.25, 0.3) is 10.9 Å². The van der Waals surface area contributed by atoms with Gasteiger partial charge in [0.25, 0.3) is 0 Å². The Labute approximate surface area is 204 Å². The van der Waals surface area contributed by atoms with Crippen LogP contribution in [-0.4, -0.2) is 38.4 Å². The Balaban J connectivity index is 1.35. The van der Waals surface area contributed by atoms with E-state index in [4.69, 9.17) is 18.9 Å². The molecule has 5 rings (SSSR count). The van der Waals surface area contributed by atoms with Gasteiger partial charge in [-0.2, -0.15) is 0 Å². The minimum atomic E-state index is -0.191. The molecule has 0 aliphatic carbocycles. The van der Waals surface area contributed by atoms with Gasteiger partial charge in [-0.05, 0) is 41.8 Å². The van der Waals surface area contributed by atoms with Crippen molar-refractivity contribution in [2.75, 3.05) is 27.6 Å². The molecule has 0 saturated heterocycles. The van der Waals surface area contributed by atoms with Crippen LogP contribution in [0.15, 0.2) is 66.9 Å². The number of H-pyrrole nitrogens is 1. The number of methoxy groups -OCH3 is 2. The number of benzene rings is 3. The SMILES string of the molecule is COc1ccc(CCNC(=O)CC(c2cccc3c2OCO3)c2c[nH]c3ccccc23)cc1OC. The highest BCUT2D eigenvalue weighted by Crippen LogP contribution is 2.44. The van der Waals surface area contributed by atoms with Crippen molar-refractivity contribution >= 4 is 16.8 Å². The molecule has 1 aliphatic rings. The fourth-order valence-electron chi connectivity index (χ4n) is 4.64. The summed E-state index contributed by atoms with van der Waals surface area (Å²) >= 11 is 0. The summed E-state index contributed by atoms with van der Waals surface area (Å²) in [5, 5.41) is 4.17. The molecule has 0 bridgehead atoms. The molecule has 1 unspecified atom stereocenters. The number of carbonyl (C=O) groups excluding carboxylic acids is 1. The summed E-state index contributed by atoms with van der Waals surface area (Å²) in [5.41, 5.74) is 4.09. The van der Waals surface area contributed by atoms with Gasteiger partial charge in [0.1, 0.15) is 0 Å². The Morgan fingerprint density at radius 1 is 1.00 bits per heavy atom. The van der Waals surface area contributed by atoms with Crippen molar-refractivity contribution < 1.29 is 23.7 Å². The van der Waals surface area contributed by atoms with E-state index in [2.05, 4.69) is 16.4 Å². The highest BCUT2D eigenvalue weighted by Gasteiger charge is 2.28. The highest BCUT2D eigenvalue weighted by atomic mass is 16.7. The van der Waals surface area contributed by atoms with E-state index in [0.29, 0.717) is 36.0 Å². The normalized spacial score (nSPS) is 13.0. The smallest absolute Gasteiger partial charge is 0.231 e. The van der Waals surface area contributed by atoms with Gasteiger partial charge >= 0.3 is 0 Å². The van der Waals surface area contributed by atoms with Gasteiger partial charge in [0.05, 0.1) is 14.2 Å². The molecule has 1 aliphatic heterocycles. The molecule has 0 saturated carbocycles. The van der Waals surface area contributed by atoms with E-state index in [1.54, 1.807) is 14.2 Å². The zero-order valence-electron chi connectivity index (χ0n) is 19.8. The van der Waals surface area contributed by atoms with Crippen LogP contribution in [-0.2, 0) is 11.2 Å². The zero-order chi connectivity index (χ0) is 24.2. The molecule has 35 heavy (non-hydrogen) atoms. The molecular weight excluding hydrogens is 444 g/mol. The average Bonchev–Trinajstić information content (AvgIpc) is 3.54. The molecule has 0 fully saturated rings. The standard InChI is InChI=1S/C28H28N2O5/c1-32-24-11-10-18(14-26(24)33-2)12-13-29-27(31)15-21(20-7-5-9-25-28(20)35-17-34-25)22-16-30-23-8-4-3-6-19(22)23/h3-11,14,16,21,30H,12-13,15,17H2,1-2H3,(H,29,31). The maximum atomic E-state index is 13.1. The van der Waals surface area contributed by atoms with Crippen molar-refractivity contribution in [3.8, 4) is 23.0 Å². The molecule has 1 atom stereocenters. The van der Waals surface area contributed by atoms with Crippen LogP contribution in [0, 0.1) is 0 Å². The highest BCUT2D eigenvalue weighted by molar-refractivity contribution is 5.86. The first-order valence-electron chi connectivity index (χ1n) is 11.6. The molecular formula is C28H28N2O5. The van der Waals surface area contributed by atoms with Crippen molar-refractivity contribution in [1.82, 2.24) is 10.3 Å². The summed E-state index contributed by atoms with van der Waals surface area (Å²) in [6.45, 7) is 0.700. The molecule has 2 heterocycles. The van der Waals surface area contributed by atoms with Crippen molar-refractivity contribution in [1.29, 1.82) is 0 Å². The Morgan fingerprint density at radius 3 is 2.71 bits per heavy atom. The van der Waals surface area contributed by atoms with E-state index in [9.17, 15) is 4.79 Å². The van der Waals surface area contributed by atoms with Gasteiger partial charge in [-0.3, -0.25) is 4.79 Å². The van der Waals surface area contributed by atoms with E-state index >= 15 is 0 Å². The number of hydrogen-bond acceptors (Lipinski definition) is 5. The van der Waals surface area contributed by atoms with E-state index < -0.39 is 0 Å². The summed E-state index contributed by atoms with van der Waals surface area (Å²) < 4.78 is 22.1. The van der Waals surface area contributed by atoms with Crippen LogP contribution in [0.4, 0.5) is 0 Å². The molecule has 3 aromatic carbocycles. The van der Waals surface area contributed by atoms with Crippen LogP contribution in [0.3, 0.4) is 0 Å². The van der Waals surface area contributed by atoms with Gasteiger partial charge in [-0.1, -0.05) is 36.4 Å². The molecule has 2 N–H and O–H groups in total. The molecule has 4 aromatic rings. The molecule has 1 amide bonds. The minimum absolute atomic E-state index is 0.0303. The number of aromatic nitrogens is 1. The maximum Gasteiger partial charge on any atom is 0.231 e. The third kappa shape index (κ3) is 4.62.